The second-order valence-corrected chi connectivity index (χ2v) is 7.93. The van der Waals surface area contributed by atoms with E-state index in [1.807, 2.05) is 49.4 Å². The molecule has 158 valence electrons. The number of imidazole rings is 1. The molecule has 0 bridgehead atoms. The Labute approximate surface area is 190 Å². The molecule has 0 saturated heterocycles. The van der Waals surface area contributed by atoms with Gasteiger partial charge in [0.2, 0.25) is 0 Å². The zero-order valence-corrected chi connectivity index (χ0v) is 18.4. The first-order chi connectivity index (χ1) is 15.0. The van der Waals surface area contributed by atoms with Crippen LogP contribution in [0.5, 0.6) is 5.75 Å². The molecule has 7 heteroatoms. The van der Waals surface area contributed by atoms with E-state index in [0.29, 0.717) is 34.5 Å². The molecular formula is C24H21Cl2N3O2. The van der Waals surface area contributed by atoms with Crippen LogP contribution < -0.4 is 10.1 Å². The minimum Gasteiger partial charge on any atom is -0.490 e. The Hall–Kier alpha value is -3.02. The van der Waals surface area contributed by atoms with E-state index in [-0.39, 0.29) is 11.9 Å². The average Bonchev–Trinajstić information content (AvgIpc) is 3.14. The van der Waals surface area contributed by atoms with Crippen molar-refractivity contribution in [2.75, 3.05) is 6.61 Å². The van der Waals surface area contributed by atoms with Crippen molar-refractivity contribution in [1.82, 2.24) is 14.9 Å². The lowest BCUT2D eigenvalue weighted by Crippen LogP contribution is -2.29. The van der Waals surface area contributed by atoms with Crippen molar-refractivity contribution >= 4 is 40.1 Å². The number of amides is 1. The van der Waals surface area contributed by atoms with E-state index in [0.717, 1.165) is 16.9 Å². The molecule has 31 heavy (non-hydrogen) atoms. The highest BCUT2D eigenvalue weighted by atomic mass is 35.5. The van der Waals surface area contributed by atoms with Gasteiger partial charge in [-0.05, 0) is 55.5 Å². The van der Waals surface area contributed by atoms with Crippen LogP contribution >= 0.6 is 23.2 Å². The maximum absolute atomic E-state index is 12.7. The molecule has 1 aromatic heterocycles. The first-order valence-corrected chi connectivity index (χ1v) is 10.7. The number of ether oxygens (including phenoxy) is 1. The molecule has 1 atom stereocenters. The number of hydrogen-bond acceptors (Lipinski definition) is 3. The summed E-state index contributed by atoms with van der Waals surface area (Å²) in [6.07, 6.45) is 0. The highest BCUT2D eigenvalue weighted by Crippen LogP contribution is 2.24. The summed E-state index contributed by atoms with van der Waals surface area (Å²) in [5, 5.41) is 4.18. The van der Waals surface area contributed by atoms with Gasteiger partial charge < -0.3 is 14.6 Å². The number of benzene rings is 3. The summed E-state index contributed by atoms with van der Waals surface area (Å²) in [7, 11) is 0. The highest BCUT2D eigenvalue weighted by Gasteiger charge is 2.19. The van der Waals surface area contributed by atoms with Gasteiger partial charge in [0.05, 0.1) is 28.6 Å². The third-order valence-corrected chi connectivity index (χ3v) is 5.50. The van der Waals surface area contributed by atoms with E-state index in [2.05, 4.69) is 9.88 Å². The molecule has 0 aliphatic carbocycles. The molecule has 1 heterocycles. The normalized spacial score (nSPS) is 12.0. The third-order valence-electron chi connectivity index (χ3n) is 4.93. The second-order valence-electron chi connectivity index (χ2n) is 7.09. The Bertz CT molecular complexity index is 1210. The number of halogens is 2. The number of rotatable bonds is 7. The SMILES string of the molecule is CC(NC(=O)c1ccc(Cl)cc1)c1nc2ccccc2n1CCOc1ccccc1Cl. The van der Waals surface area contributed by atoms with Crippen molar-refractivity contribution in [2.24, 2.45) is 0 Å². The van der Waals surface area contributed by atoms with E-state index < -0.39 is 0 Å². The minimum atomic E-state index is -0.309. The fourth-order valence-corrected chi connectivity index (χ4v) is 3.73. The zero-order valence-electron chi connectivity index (χ0n) is 16.9. The molecule has 0 spiro atoms. The predicted molar refractivity (Wildman–Crippen MR) is 124 cm³/mol. The van der Waals surface area contributed by atoms with Crippen LogP contribution in [0.4, 0.5) is 0 Å². The van der Waals surface area contributed by atoms with Crippen molar-refractivity contribution in [3.8, 4) is 5.75 Å². The molecule has 4 rings (SSSR count). The zero-order chi connectivity index (χ0) is 21.8. The molecule has 5 nitrogen and oxygen atoms in total. The second kappa shape index (κ2) is 9.41. The molecule has 1 N–H and O–H groups in total. The van der Waals surface area contributed by atoms with Gasteiger partial charge in [0.25, 0.3) is 5.91 Å². The summed E-state index contributed by atoms with van der Waals surface area (Å²) >= 11 is 12.1. The minimum absolute atomic E-state index is 0.185. The lowest BCUT2D eigenvalue weighted by molar-refractivity contribution is 0.0937. The van der Waals surface area contributed by atoms with Crippen LogP contribution in [-0.2, 0) is 6.54 Å². The summed E-state index contributed by atoms with van der Waals surface area (Å²) in [6, 6.07) is 21.7. The monoisotopic (exact) mass is 453 g/mol. The van der Waals surface area contributed by atoms with Crippen LogP contribution in [0, 0.1) is 0 Å². The summed E-state index contributed by atoms with van der Waals surface area (Å²) in [5.41, 5.74) is 2.39. The average molecular weight is 454 g/mol. The van der Waals surface area contributed by atoms with Crippen LogP contribution in [0.15, 0.2) is 72.8 Å². The number of para-hydroxylation sites is 3. The predicted octanol–water partition coefficient (Wildman–Crippen LogP) is 5.91. The molecular weight excluding hydrogens is 433 g/mol. The van der Waals surface area contributed by atoms with Gasteiger partial charge in [-0.2, -0.15) is 0 Å². The summed E-state index contributed by atoms with van der Waals surface area (Å²) in [5.74, 6) is 1.21. The molecule has 1 unspecified atom stereocenters. The Balaban J connectivity index is 1.54. The Kier molecular flexibility index (Phi) is 6.44. The fraction of sp³-hybridized carbons (Fsp3) is 0.167. The molecule has 0 aliphatic rings. The van der Waals surface area contributed by atoms with Crippen LogP contribution in [0.2, 0.25) is 10.0 Å². The largest absolute Gasteiger partial charge is 0.490 e. The number of hydrogen-bond donors (Lipinski definition) is 1. The molecule has 0 fully saturated rings. The Morgan fingerprint density at radius 1 is 1.03 bits per heavy atom. The number of nitrogens with one attached hydrogen (secondary N) is 1. The van der Waals surface area contributed by atoms with Crippen molar-refractivity contribution in [3.63, 3.8) is 0 Å². The van der Waals surface area contributed by atoms with Crippen molar-refractivity contribution in [3.05, 3.63) is 94.2 Å². The van der Waals surface area contributed by atoms with Crippen LogP contribution in [-0.4, -0.2) is 22.1 Å². The van der Waals surface area contributed by atoms with E-state index in [9.17, 15) is 4.79 Å². The molecule has 0 aliphatic heterocycles. The summed E-state index contributed by atoms with van der Waals surface area (Å²) in [6.45, 7) is 2.89. The lowest BCUT2D eigenvalue weighted by atomic mass is 10.2. The number of carbonyl (C=O) groups is 1. The standard InChI is InChI=1S/C24H21Cl2N3O2/c1-16(27-24(30)17-10-12-18(25)13-11-17)23-28-20-7-3-4-8-21(20)29(23)14-15-31-22-9-5-2-6-19(22)26/h2-13,16H,14-15H2,1H3,(H,27,30). The molecule has 4 aromatic rings. The van der Waals surface area contributed by atoms with Gasteiger partial charge >= 0.3 is 0 Å². The number of fused-ring (bicyclic) bond motifs is 1. The van der Waals surface area contributed by atoms with Crippen molar-refractivity contribution in [2.45, 2.75) is 19.5 Å². The quantitative estimate of drug-likeness (QED) is 0.378. The number of carbonyl (C=O) groups excluding carboxylic acids is 1. The van der Waals surface area contributed by atoms with E-state index in [1.165, 1.54) is 0 Å². The Morgan fingerprint density at radius 2 is 1.74 bits per heavy atom. The Morgan fingerprint density at radius 3 is 2.52 bits per heavy atom. The van der Waals surface area contributed by atoms with E-state index in [4.69, 9.17) is 32.9 Å². The van der Waals surface area contributed by atoms with E-state index in [1.54, 1.807) is 30.3 Å². The third kappa shape index (κ3) is 4.84. The van der Waals surface area contributed by atoms with Crippen LogP contribution in [0.25, 0.3) is 11.0 Å². The number of aromatic nitrogens is 2. The van der Waals surface area contributed by atoms with E-state index >= 15 is 0 Å². The van der Waals surface area contributed by atoms with Gasteiger partial charge in [-0.1, -0.05) is 47.5 Å². The maximum Gasteiger partial charge on any atom is 0.251 e. The highest BCUT2D eigenvalue weighted by molar-refractivity contribution is 6.32. The first-order valence-electron chi connectivity index (χ1n) is 9.92. The smallest absolute Gasteiger partial charge is 0.251 e. The summed E-state index contributed by atoms with van der Waals surface area (Å²) < 4.78 is 7.94. The van der Waals surface area contributed by atoms with Gasteiger partial charge in [-0.15, -0.1) is 0 Å². The lowest BCUT2D eigenvalue weighted by Gasteiger charge is -2.17. The van der Waals surface area contributed by atoms with Crippen LogP contribution in [0.1, 0.15) is 29.1 Å². The molecule has 0 radical (unpaired) electrons. The van der Waals surface area contributed by atoms with Crippen molar-refractivity contribution in [1.29, 1.82) is 0 Å². The van der Waals surface area contributed by atoms with Gasteiger partial charge in [0.15, 0.2) is 0 Å². The van der Waals surface area contributed by atoms with Crippen LogP contribution in [0.3, 0.4) is 0 Å². The molecule has 0 saturated carbocycles. The maximum atomic E-state index is 12.7. The number of nitrogens with zero attached hydrogens (tertiary/aromatic N) is 2. The fourth-order valence-electron chi connectivity index (χ4n) is 3.41. The van der Waals surface area contributed by atoms with Gasteiger partial charge in [-0.25, -0.2) is 4.98 Å². The topological polar surface area (TPSA) is 56.2 Å². The van der Waals surface area contributed by atoms with Gasteiger partial charge in [-0.3, -0.25) is 4.79 Å². The van der Waals surface area contributed by atoms with Gasteiger partial charge in [0.1, 0.15) is 18.2 Å². The first kappa shape index (κ1) is 21.2. The molecule has 1 amide bonds. The van der Waals surface area contributed by atoms with Crippen molar-refractivity contribution < 1.29 is 9.53 Å². The molecule has 3 aromatic carbocycles. The van der Waals surface area contributed by atoms with Gasteiger partial charge in [0, 0.05) is 10.6 Å². The summed E-state index contributed by atoms with van der Waals surface area (Å²) in [4.78, 5) is 17.4.